The van der Waals surface area contributed by atoms with Gasteiger partial charge in [0.2, 0.25) is 0 Å². The molecule has 1 fully saturated rings. The summed E-state index contributed by atoms with van der Waals surface area (Å²) in [6, 6.07) is 3.99. The molecule has 0 atom stereocenters. The van der Waals surface area contributed by atoms with Crippen LogP contribution in [-0.2, 0) is 0 Å². The van der Waals surface area contributed by atoms with E-state index in [4.69, 9.17) is 0 Å². The number of nitrogens with one attached hydrogen (secondary N) is 2. The Kier molecular flexibility index (Phi) is 3.37. The predicted molar refractivity (Wildman–Crippen MR) is 67.0 cm³/mol. The molecule has 5 heteroatoms. The fourth-order valence-electron chi connectivity index (χ4n) is 2.27. The van der Waals surface area contributed by atoms with Gasteiger partial charge in [-0.15, -0.1) is 0 Å². The van der Waals surface area contributed by atoms with E-state index in [1.54, 1.807) is 6.07 Å². The number of aromatic nitrogens is 2. The van der Waals surface area contributed by atoms with Gasteiger partial charge in [0.05, 0.1) is 6.07 Å². The van der Waals surface area contributed by atoms with Gasteiger partial charge in [0.15, 0.2) is 0 Å². The summed E-state index contributed by atoms with van der Waals surface area (Å²) in [6.45, 7) is 4.06. The van der Waals surface area contributed by atoms with Gasteiger partial charge in [-0.3, -0.25) is 9.89 Å². The Morgan fingerprint density at radius 2 is 2.22 bits per heavy atom. The van der Waals surface area contributed by atoms with Crippen LogP contribution in [-0.4, -0.2) is 21.6 Å². The molecule has 0 saturated heterocycles. The van der Waals surface area contributed by atoms with Crippen molar-refractivity contribution >= 4 is 5.91 Å². The van der Waals surface area contributed by atoms with Crippen LogP contribution in [0.4, 0.5) is 0 Å². The molecule has 0 aromatic carbocycles. The van der Waals surface area contributed by atoms with Gasteiger partial charge < -0.3 is 5.32 Å². The molecule has 96 valence electrons. The number of nitriles is 1. The van der Waals surface area contributed by atoms with Gasteiger partial charge >= 0.3 is 0 Å². The van der Waals surface area contributed by atoms with Gasteiger partial charge in [0, 0.05) is 5.69 Å². The van der Waals surface area contributed by atoms with Crippen LogP contribution in [0, 0.1) is 11.3 Å². The highest BCUT2D eigenvalue weighted by Crippen LogP contribution is 2.29. The maximum Gasteiger partial charge on any atom is 0.273 e. The van der Waals surface area contributed by atoms with Crippen molar-refractivity contribution in [2.24, 2.45) is 0 Å². The quantitative estimate of drug-likeness (QED) is 0.856. The third kappa shape index (κ3) is 2.37. The summed E-state index contributed by atoms with van der Waals surface area (Å²) in [4.78, 5) is 12.1. The Balaban J connectivity index is 2.09. The van der Waals surface area contributed by atoms with Crippen molar-refractivity contribution in [1.29, 1.82) is 5.26 Å². The SMILES string of the molecule is CC(C)c1cc(C(=O)NC2(C#N)CCCC2)n[nH]1. The van der Waals surface area contributed by atoms with E-state index in [9.17, 15) is 10.1 Å². The summed E-state index contributed by atoms with van der Waals surface area (Å²) < 4.78 is 0. The molecule has 2 rings (SSSR count). The maximum atomic E-state index is 12.1. The van der Waals surface area contributed by atoms with E-state index in [-0.39, 0.29) is 5.91 Å². The lowest BCUT2D eigenvalue weighted by Gasteiger charge is -2.21. The van der Waals surface area contributed by atoms with Gasteiger partial charge in [0.1, 0.15) is 11.2 Å². The van der Waals surface area contributed by atoms with Gasteiger partial charge in [-0.25, -0.2) is 0 Å². The highest BCUT2D eigenvalue weighted by atomic mass is 16.2. The number of hydrogen-bond donors (Lipinski definition) is 2. The molecule has 1 aliphatic rings. The van der Waals surface area contributed by atoms with Gasteiger partial charge in [0.25, 0.3) is 5.91 Å². The first-order chi connectivity index (χ1) is 8.56. The molecule has 0 unspecified atom stereocenters. The summed E-state index contributed by atoms with van der Waals surface area (Å²) >= 11 is 0. The van der Waals surface area contributed by atoms with Gasteiger partial charge in [-0.2, -0.15) is 10.4 Å². The number of carbonyl (C=O) groups is 1. The predicted octanol–water partition coefficient (Wildman–Crippen LogP) is 2.10. The molecule has 1 saturated carbocycles. The van der Waals surface area contributed by atoms with Crippen molar-refractivity contribution in [3.05, 3.63) is 17.5 Å². The third-order valence-corrected chi connectivity index (χ3v) is 3.48. The molecule has 0 bridgehead atoms. The monoisotopic (exact) mass is 246 g/mol. The van der Waals surface area contributed by atoms with E-state index in [1.165, 1.54) is 0 Å². The molecular weight excluding hydrogens is 228 g/mol. The molecule has 1 amide bonds. The number of aromatic amines is 1. The van der Waals surface area contributed by atoms with Crippen molar-refractivity contribution in [1.82, 2.24) is 15.5 Å². The van der Waals surface area contributed by atoms with Crippen molar-refractivity contribution < 1.29 is 4.79 Å². The number of hydrogen-bond acceptors (Lipinski definition) is 3. The summed E-state index contributed by atoms with van der Waals surface area (Å²) in [5.41, 5.74) is 0.603. The molecule has 0 radical (unpaired) electrons. The number of carbonyl (C=O) groups excluding carboxylic acids is 1. The number of amides is 1. The Labute approximate surface area is 107 Å². The summed E-state index contributed by atoms with van der Waals surface area (Å²) in [5, 5.41) is 18.9. The second-order valence-electron chi connectivity index (χ2n) is 5.22. The molecular formula is C13H18N4O. The smallest absolute Gasteiger partial charge is 0.273 e. The van der Waals surface area contributed by atoms with Gasteiger partial charge in [-0.1, -0.05) is 13.8 Å². The molecule has 1 heterocycles. The average molecular weight is 246 g/mol. The van der Waals surface area contributed by atoms with Crippen molar-refractivity contribution in [3.8, 4) is 6.07 Å². The van der Waals surface area contributed by atoms with E-state index >= 15 is 0 Å². The standard InChI is InChI=1S/C13H18N4O/c1-9(2)10-7-11(17-16-10)12(18)15-13(8-14)5-3-4-6-13/h7,9H,3-6H2,1-2H3,(H,15,18)(H,16,17). The maximum absolute atomic E-state index is 12.1. The van der Waals surface area contributed by atoms with Crippen LogP contribution < -0.4 is 5.32 Å². The van der Waals surface area contributed by atoms with Crippen LogP contribution in [0.15, 0.2) is 6.07 Å². The normalized spacial score (nSPS) is 17.7. The van der Waals surface area contributed by atoms with Crippen LogP contribution in [0.3, 0.4) is 0 Å². The minimum Gasteiger partial charge on any atom is -0.332 e. The molecule has 0 aliphatic heterocycles. The second kappa shape index (κ2) is 4.81. The minimum atomic E-state index is -0.686. The molecule has 1 aromatic rings. The third-order valence-electron chi connectivity index (χ3n) is 3.48. The lowest BCUT2D eigenvalue weighted by molar-refractivity contribution is 0.0915. The average Bonchev–Trinajstić information content (AvgIpc) is 2.98. The Hall–Kier alpha value is -1.83. The largest absolute Gasteiger partial charge is 0.332 e. The molecule has 1 aliphatic carbocycles. The first kappa shape index (κ1) is 12.6. The zero-order chi connectivity index (χ0) is 13.2. The number of H-pyrrole nitrogens is 1. The van der Waals surface area contributed by atoms with E-state index in [0.29, 0.717) is 11.6 Å². The van der Waals surface area contributed by atoms with Crippen molar-refractivity contribution in [2.75, 3.05) is 0 Å². The van der Waals surface area contributed by atoms with Crippen molar-refractivity contribution in [3.63, 3.8) is 0 Å². The summed E-state index contributed by atoms with van der Waals surface area (Å²) in [6.07, 6.45) is 3.45. The molecule has 2 N–H and O–H groups in total. The molecule has 0 spiro atoms. The van der Waals surface area contributed by atoms with E-state index in [2.05, 4.69) is 21.6 Å². The second-order valence-corrected chi connectivity index (χ2v) is 5.22. The van der Waals surface area contributed by atoms with Crippen LogP contribution >= 0.6 is 0 Å². The summed E-state index contributed by atoms with van der Waals surface area (Å²) in [5.74, 6) is 0.0389. The van der Waals surface area contributed by atoms with Crippen LogP contribution in [0.5, 0.6) is 0 Å². The fourth-order valence-corrected chi connectivity index (χ4v) is 2.27. The lowest BCUT2D eigenvalue weighted by Crippen LogP contribution is -2.45. The first-order valence-corrected chi connectivity index (χ1v) is 6.35. The topological polar surface area (TPSA) is 81.6 Å². The Morgan fingerprint density at radius 1 is 1.56 bits per heavy atom. The minimum absolute atomic E-state index is 0.262. The highest BCUT2D eigenvalue weighted by Gasteiger charge is 2.36. The highest BCUT2D eigenvalue weighted by molar-refractivity contribution is 5.93. The van der Waals surface area contributed by atoms with E-state index in [0.717, 1.165) is 31.4 Å². The lowest BCUT2D eigenvalue weighted by atomic mass is 9.99. The zero-order valence-electron chi connectivity index (χ0n) is 10.8. The van der Waals surface area contributed by atoms with Crippen LogP contribution in [0.2, 0.25) is 0 Å². The number of rotatable bonds is 3. The van der Waals surface area contributed by atoms with Crippen LogP contribution in [0.25, 0.3) is 0 Å². The first-order valence-electron chi connectivity index (χ1n) is 6.35. The molecule has 18 heavy (non-hydrogen) atoms. The van der Waals surface area contributed by atoms with Crippen LogP contribution in [0.1, 0.15) is 61.6 Å². The molecule has 5 nitrogen and oxygen atoms in total. The molecule has 1 aromatic heterocycles. The van der Waals surface area contributed by atoms with E-state index < -0.39 is 5.54 Å². The van der Waals surface area contributed by atoms with Gasteiger partial charge in [-0.05, 0) is 37.7 Å². The summed E-state index contributed by atoms with van der Waals surface area (Å²) in [7, 11) is 0. The Morgan fingerprint density at radius 3 is 2.72 bits per heavy atom. The number of nitrogens with zero attached hydrogens (tertiary/aromatic N) is 2. The van der Waals surface area contributed by atoms with Crippen molar-refractivity contribution in [2.45, 2.75) is 51.0 Å². The van der Waals surface area contributed by atoms with E-state index in [1.807, 2.05) is 13.8 Å². The Bertz CT molecular complexity index is 477. The zero-order valence-corrected chi connectivity index (χ0v) is 10.8. The fraction of sp³-hybridized carbons (Fsp3) is 0.615.